The quantitative estimate of drug-likeness (QED) is 0.908. The molecule has 0 spiro atoms. The second kappa shape index (κ2) is 7.58. The average Bonchev–Trinajstić information content (AvgIpc) is 2.47. The number of hydrogen-bond donors (Lipinski definition) is 1. The Balaban J connectivity index is 1.76. The Morgan fingerprint density at radius 3 is 2.82 bits per heavy atom. The number of rotatable bonds is 5. The highest BCUT2D eigenvalue weighted by Gasteiger charge is 2.29. The van der Waals surface area contributed by atoms with Crippen molar-refractivity contribution >= 4 is 6.09 Å². The van der Waals surface area contributed by atoms with Crippen LogP contribution >= 0.6 is 0 Å². The molecule has 1 N–H and O–H groups in total. The molecule has 1 atom stereocenters. The molecule has 4 nitrogen and oxygen atoms in total. The van der Waals surface area contributed by atoms with Crippen LogP contribution in [-0.4, -0.2) is 42.4 Å². The summed E-state index contributed by atoms with van der Waals surface area (Å²) in [6.45, 7) is 5.71. The maximum atomic E-state index is 13.4. The summed E-state index contributed by atoms with van der Waals surface area (Å²) in [5, 5.41) is 3.29. The Labute approximate surface area is 131 Å². The molecule has 0 saturated carbocycles. The highest BCUT2D eigenvalue weighted by molar-refractivity contribution is 5.68. The third kappa shape index (κ3) is 5.30. The first-order valence-corrected chi connectivity index (χ1v) is 7.83. The van der Waals surface area contributed by atoms with Gasteiger partial charge in [-0.05, 0) is 32.3 Å². The molecule has 1 unspecified atom stereocenters. The van der Waals surface area contributed by atoms with Crippen molar-refractivity contribution in [3.63, 3.8) is 0 Å². The molecule has 2 rings (SSSR count). The summed E-state index contributed by atoms with van der Waals surface area (Å²) < 4.78 is 18.9. The van der Waals surface area contributed by atoms with Crippen LogP contribution in [-0.2, 0) is 11.3 Å². The van der Waals surface area contributed by atoms with Crippen molar-refractivity contribution in [2.45, 2.75) is 45.0 Å². The number of benzene rings is 1. The zero-order valence-corrected chi connectivity index (χ0v) is 13.3. The molecule has 1 fully saturated rings. The summed E-state index contributed by atoms with van der Waals surface area (Å²) >= 11 is 0. The molecule has 1 aromatic carbocycles. The van der Waals surface area contributed by atoms with E-state index in [0.717, 1.165) is 6.54 Å². The van der Waals surface area contributed by atoms with Crippen molar-refractivity contribution in [1.29, 1.82) is 0 Å². The molecule has 1 aromatic rings. The van der Waals surface area contributed by atoms with Gasteiger partial charge in [-0.15, -0.1) is 0 Å². The molecule has 0 radical (unpaired) electrons. The summed E-state index contributed by atoms with van der Waals surface area (Å²) in [6.07, 6.45) is -0.121. The standard InChI is InChI=1S/C17H25FN2O2/c1-17(2,13-19-11-14-7-4-3-5-8-14)22-16(21)20-10-6-9-15(18)12-20/h3-5,7-8,15,19H,6,9-13H2,1-2H3. The molecule has 1 aliphatic rings. The number of halogens is 1. The maximum Gasteiger partial charge on any atom is 0.410 e. The fraction of sp³-hybridized carbons (Fsp3) is 0.588. The Bertz CT molecular complexity index is 479. The third-order valence-electron chi connectivity index (χ3n) is 3.71. The first kappa shape index (κ1) is 16.7. The number of carbonyl (C=O) groups is 1. The fourth-order valence-electron chi connectivity index (χ4n) is 2.53. The number of carbonyl (C=O) groups excluding carboxylic acids is 1. The summed E-state index contributed by atoms with van der Waals surface area (Å²) in [4.78, 5) is 13.6. The maximum absolute atomic E-state index is 13.4. The first-order valence-electron chi connectivity index (χ1n) is 7.83. The Morgan fingerprint density at radius 2 is 2.14 bits per heavy atom. The largest absolute Gasteiger partial charge is 0.442 e. The smallest absolute Gasteiger partial charge is 0.410 e. The topological polar surface area (TPSA) is 41.6 Å². The number of nitrogens with zero attached hydrogens (tertiary/aromatic N) is 1. The van der Waals surface area contributed by atoms with Gasteiger partial charge in [0.15, 0.2) is 0 Å². The molecule has 1 heterocycles. The predicted molar refractivity (Wildman–Crippen MR) is 84.4 cm³/mol. The first-order chi connectivity index (χ1) is 10.5. The van der Waals surface area contributed by atoms with Crippen LogP contribution in [0.5, 0.6) is 0 Å². The second-order valence-electron chi connectivity index (χ2n) is 6.40. The highest BCUT2D eigenvalue weighted by atomic mass is 19.1. The van der Waals surface area contributed by atoms with E-state index >= 15 is 0 Å². The molecule has 5 heteroatoms. The van der Waals surface area contributed by atoms with Gasteiger partial charge in [0.1, 0.15) is 11.8 Å². The lowest BCUT2D eigenvalue weighted by molar-refractivity contribution is 0.00429. The van der Waals surface area contributed by atoms with Gasteiger partial charge in [0, 0.05) is 19.6 Å². The number of ether oxygens (including phenoxy) is 1. The van der Waals surface area contributed by atoms with Crippen molar-refractivity contribution in [1.82, 2.24) is 10.2 Å². The van der Waals surface area contributed by atoms with Crippen LogP contribution in [0.2, 0.25) is 0 Å². The Hall–Kier alpha value is -1.62. The average molecular weight is 308 g/mol. The molecular formula is C17H25FN2O2. The van der Waals surface area contributed by atoms with E-state index in [-0.39, 0.29) is 6.54 Å². The van der Waals surface area contributed by atoms with Gasteiger partial charge in [-0.2, -0.15) is 0 Å². The summed E-state index contributed by atoms with van der Waals surface area (Å²) in [5.74, 6) is 0. The van der Waals surface area contributed by atoms with Gasteiger partial charge in [-0.1, -0.05) is 30.3 Å². The minimum atomic E-state index is -0.930. The van der Waals surface area contributed by atoms with Gasteiger partial charge in [0.05, 0.1) is 6.54 Å². The van der Waals surface area contributed by atoms with E-state index < -0.39 is 17.9 Å². The number of hydrogen-bond acceptors (Lipinski definition) is 3. The van der Waals surface area contributed by atoms with E-state index in [1.807, 2.05) is 44.2 Å². The van der Waals surface area contributed by atoms with Crippen LogP contribution in [0.15, 0.2) is 30.3 Å². The van der Waals surface area contributed by atoms with Gasteiger partial charge >= 0.3 is 6.09 Å². The second-order valence-corrected chi connectivity index (χ2v) is 6.40. The lowest BCUT2D eigenvalue weighted by atomic mass is 10.1. The monoisotopic (exact) mass is 308 g/mol. The van der Waals surface area contributed by atoms with Crippen molar-refractivity contribution < 1.29 is 13.9 Å². The zero-order chi connectivity index (χ0) is 16.0. The van der Waals surface area contributed by atoms with Crippen molar-refractivity contribution in [2.75, 3.05) is 19.6 Å². The number of alkyl halides is 1. The minimum Gasteiger partial charge on any atom is -0.442 e. The van der Waals surface area contributed by atoms with E-state index in [9.17, 15) is 9.18 Å². The Kier molecular flexibility index (Phi) is 5.77. The van der Waals surface area contributed by atoms with Crippen LogP contribution in [0, 0.1) is 0 Å². The number of piperidine rings is 1. The van der Waals surface area contributed by atoms with Crippen LogP contribution < -0.4 is 5.32 Å². The molecule has 0 bridgehead atoms. The van der Waals surface area contributed by atoms with Crippen LogP contribution in [0.1, 0.15) is 32.3 Å². The highest BCUT2D eigenvalue weighted by Crippen LogP contribution is 2.17. The summed E-state index contributed by atoms with van der Waals surface area (Å²) in [6, 6.07) is 10.0. The van der Waals surface area contributed by atoms with Crippen molar-refractivity contribution in [3.05, 3.63) is 35.9 Å². The minimum absolute atomic E-state index is 0.145. The molecule has 122 valence electrons. The van der Waals surface area contributed by atoms with Gasteiger partial charge in [0.25, 0.3) is 0 Å². The van der Waals surface area contributed by atoms with E-state index in [0.29, 0.717) is 25.9 Å². The van der Waals surface area contributed by atoms with Crippen LogP contribution in [0.4, 0.5) is 9.18 Å². The lowest BCUT2D eigenvalue weighted by Crippen LogP contribution is -2.46. The molecular weight excluding hydrogens is 283 g/mol. The number of nitrogens with one attached hydrogen (secondary N) is 1. The molecule has 22 heavy (non-hydrogen) atoms. The van der Waals surface area contributed by atoms with Gasteiger partial charge in [0.2, 0.25) is 0 Å². The van der Waals surface area contributed by atoms with Gasteiger partial charge in [-0.3, -0.25) is 0 Å². The molecule has 1 aliphatic heterocycles. The molecule has 1 saturated heterocycles. The zero-order valence-electron chi connectivity index (χ0n) is 13.3. The van der Waals surface area contributed by atoms with E-state index in [1.54, 1.807) is 0 Å². The van der Waals surface area contributed by atoms with E-state index in [1.165, 1.54) is 10.5 Å². The van der Waals surface area contributed by atoms with Crippen LogP contribution in [0.25, 0.3) is 0 Å². The van der Waals surface area contributed by atoms with E-state index in [2.05, 4.69) is 5.32 Å². The molecule has 1 amide bonds. The van der Waals surface area contributed by atoms with Crippen LogP contribution in [0.3, 0.4) is 0 Å². The molecule has 0 aliphatic carbocycles. The summed E-state index contributed by atoms with van der Waals surface area (Å²) in [7, 11) is 0. The predicted octanol–water partition coefficient (Wildman–Crippen LogP) is 3.13. The fourth-order valence-corrected chi connectivity index (χ4v) is 2.53. The van der Waals surface area contributed by atoms with Crippen molar-refractivity contribution in [2.24, 2.45) is 0 Å². The van der Waals surface area contributed by atoms with Gasteiger partial charge in [-0.25, -0.2) is 9.18 Å². The molecule has 0 aromatic heterocycles. The number of amides is 1. The normalized spacial score (nSPS) is 19.0. The lowest BCUT2D eigenvalue weighted by Gasteiger charge is -2.33. The summed E-state index contributed by atoms with van der Waals surface area (Å²) in [5.41, 5.74) is 0.552. The third-order valence-corrected chi connectivity index (χ3v) is 3.71. The number of likely N-dealkylation sites (tertiary alicyclic amines) is 1. The SMILES string of the molecule is CC(C)(CNCc1ccccc1)OC(=O)N1CCCC(F)C1. The van der Waals surface area contributed by atoms with E-state index in [4.69, 9.17) is 4.74 Å². The van der Waals surface area contributed by atoms with Gasteiger partial charge < -0.3 is 15.0 Å². The van der Waals surface area contributed by atoms with Crippen molar-refractivity contribution in [3.8, 4) is 0 Å². The Morgan fingerprint density at radius 1 is 1.41 bits per heavy atom.